The van der Waals surface area contributed by atoms with Crippen molar-refractivity contribution in [2.24, 2.45) is 5.41 Å². The molecule has 0 aromatic heterocycles. The fourth-order valence-electron chi connectivity index (χ4n) is 1.72. The van der Waals surface area contributed by atoms with Crippen LogP contribution in [0.25, 0.3) is 0 Å². The molecule has 0 saturated carbocycles. The molecule has 1 atom stereocenters. The topological polar surface area (TPSA) is 56.2 Å². The van der Waals surface area contributed by atoms with Gasteiger partial charge < -0.3 is 4.90 Å². The summed E-state index contributed by atoms with van der Waals surface area (Å²) in [6.07, 6.45) is 0.832. The quantitative estimate of drug-likeness (QED) is 0.697. The average Bonchev–Trinajstić information content (AvgIpc) is 2.24. The van der Waals surface area contributed by atoms with E-state index in [1.54, 1.807) is 4.90 Å². The predicted molar refractivity (Wildman–Crippen MR) is 56.5 cm³/mol. The molecule has 4 nitrogen and oxygen atoms in total. The minimum atomic E-state index is -0.133. The highest BCUT2D eigenvalue weighted by Gasteiger charge is 2.36. The zero-order chi connectivity index (χ0) is 10.9. The summed E-state index contributed by atoms with van der Waals surface area (Å²) in [6, 6.07) is -0.195. The van der Waals surface area contributed by atoms with Gasteiger partial charge in [-0.2, -0.15) is 0 Å². The summed E-state index contributed by atoms with van der Waals surface area (Å²) in [7, 11) is 0. The Morgan fingerprint density at radius 2 is 2.07 bits per heavy atom. The van der Waals surface area contributed by atoms with Crippen LogP contribution in [0.3, 0.4) is 0 Å². The lowest BCUT2D eigenvalue weighted by Crippen LogP contribution is -2.37. The van der Waals surface area contributed by atoms with Crippen molar-refractivity contribution in [2.45, 2.75) is 40.2 Å². The zero-order valence-electron chi connectivity index (χ0n) is 9.35. The third kappa shape index (κ3) is 2.25. The zero-order valence-corrected chi connectivity index (χ0v) is 9.35. The van der Waals surface area contributed by atoms with E-state index in [1.165, 1.54) is 0 Å². The van der Waals surface area contributed by atoms with Gasteiger partial charge in [0.2, 0.25) is 0 Å². The largest absolute Gasteiger partial charge is 0.323 e. The third-order valence-corrected chi connectivity index (χ3v) is 2.36. The summed E-state index contributed by atoms with van der Waals surface area (Å²) in [5.41, 5.74) is 0.136. The Morgan fingerprint density at radius 1 is 1.50 bits per heavy atom. The Kier molecular flexibility index (Phi) is 2.83. The Hall–Kier alpha value is -1.06. The molecule has 0 aromatic carbocycles. The number of carbonyl (C=O) groups excluding carboxylic acids is 1. The van der Waals surface area contributed by atoms with Crippen molar-refractivity contribution in [1.29, 1.82) is 5.41 Å². The van der Waals surface area contributed by atoms with E-state index in [0.29, 0.717) is 12.4 Å². The van der Waals surface area contributed by atoms with Crippen molar-refractivity contribution in [2.75, 3.05) is 6.54 Å². The Labute approximate surface area is 85.2 Å². The molecule has 2 N–H and O–H groups in total. The fraction of sp³-hybridized carbons (Fsp3) is 0.800. The minimum absolute atomic E-state index is 0.0625. The van der Waals surface area contributed by atoms with Crippen molar-refractivity contribution in [3.05, 3.63) is 0 Å². The van der Waals surface area contributed by atoms with Crippen LogP contribution in [-0.4, -0.2) is 29.4 Å². The van der Waals surface area contributed by atoms with Gasteiger partial charge in [0.1, 0.15) is 5.84 Å². The highest BCUT2D eigenvalue weighted by Crippen LogP contribution is 2.25. The van der Waals surface area contributed by atoms with Crippen LogP contribution in [0, 0.1) is 10.8 Å². The molecule has 0 spiro atoms. The fourth-order valence-corrected chi connectivity index (χ4v) is 1.72. The molecular weight excluding hydrogens is 178 g/mol. The molecule has 1 aliphatic rings. The van der Waals surface area contributed by atoms with Gasteiger partial charge in [0.25, 0.3) is 0 Å². The Morgan fingerprint density at radius 3 is 2.50 bits per heavy atom. The monoisotopic (exact) mass is 197 g/mol. The van der Waals surface area contributed by atoms with Crippen molar-refractivity contribution in [3.63, 3.8) is 0 Å². The molecule has 14 heavy (non-hydrogen) atoms. The molecule has 0 radical (unpaired) electrons. The first-order valence-electron chi connectivity index (χ1n) is 5.01. The van der Waals surface area contributed by atoms with Crippen LogP contribution < -0.4 is 5.32 Å². The molecular formula is C10H19N3O. The summed E-state index contributed by atoms with van der Waals surface area (Å²) < 4.78 is 0. The lowest BCUT2D eigenvalue weighted by atomic mass is 9.87. The van der Waals surface area contributed by atoms with Crippen LogP contribution in [0.15, 0.2) is 0 Å². The first-order valence-corrected chi connectivity index (χ1v) is 5.01. The van der Waals surface area contributed by atoms with Crippen LogP contribution in [0.4, 0.5) is 4.79 Å². The standard InChI is InChI=1S/C10H19N3O/c1-5-13-7(6-10(2,3)4)8(11)12-9(13)14/h7H,5-6H2,1-4H3,(H2,11,12,14). The lowest BCUT2D eigenvalue weighted by molar-refractivity contribution is 0.195. The molecule has 1 fully saturated rings. The maximum absolute atomic E-state index is 11.4. The summed E-state index contributed by atoms with van der Waals surface area (Å²) >= 11 is 0. The van der Waals surface area contributed by atoms with Crippen LogP contribution in [-0.2, 0) is 0 Å². The first kappa shape index (κ1) is 11.0. The lowest BCUT2D eigenvalue weighted by Gasteiger charge is -2.27. The number of hydrogen-bond acceptors (Lipinski definition) is 2. The molecule has 1 heterocycles. The molecule has 1 rings (SSSR count). The number of nitrogens with one attached hydrogen (secondary N) is 2. The van der Waals surface area contributed by atoms with Gasteiger partial charge in [-0.15, -0.1) is 0 Å². The summed E-state index contributed by atoms with van der Waals surface area (Å²) in [4.78, 5) is 13.1. The van der Waals surface area contributed by atoms with Gasteiger partial charge in [-0.3, -0.25) is 10.7 Å². The number of rotatable bonds is 2. The van der Waals surface area contributed by atoms with E-state index in [-0.39, 0.29) is 17.5 Å². The third-order valence-electron chi connectivity index (χ3n) is 2.36. The van der Waals surface area contributed by atoms with E-state index in [4.69, 9.17) is 5.41 Å². The SMILES string of the molecule is CCN1C(=O)NC(=N)C1CC(C)(C)C. The van der Waals surface area contributed by atoms with Gasteiger partial charge in [-0.25, -0.2) is 4.79 Å². The number of amidine groups is 1. The maximum atomic E-state index is 11.4. The van der Waals surface area contributed by atoms with Crippen molar-refractivity contribution in [1.82, 2.24) is 10.2 Å². The van der Waals surface area contributed by atoms with Gasteiger partial charge in [-0.05, 0) is 18.8 Å². The van der Waals surface area contributed by atoms with Crippen LogP contribution in [0.5, 0.6) is 0 Å². The van der Waals surface area contributed by atoms with E-state index in [9.17, 15) is 4.79 Å². The van der Waals surface area contributed by atoms with Crippen molar-refractivity contribution >= 4 is 11.9 Å². The molecule has 0 aliphatic carbocycles. The molecule has 1 unspecified atom stereocenters. The number of nitrogens with zero attached hydrogens (tertiary/aromatic N) is 1. The molecule has 2 amide bonds. The summed E-state index contributed by atoms with van der Waals surface area (Å²) in [6.45, 7) is 8.97. The average molecular weight is 197 g/mol. The molecule has 0 aromatic rings. The van der Waals surface area contributed by atoms with Gasteiger partial charge >= 0.3 is 6.03 Å². The molecule has 1 saturated heterocycles. The van der Waals surface area contributed by atoms with Gasteiger partial charge in [0.15, 0.2) is 0 Å². The highest BCUT2D eigenvalue weighted by molar-refractivity contribution is 6.05. The molecule has 0 bridgehead atoms. The van der Waals surface area contributed by atoms with E-state index < -0.39 is 0 Å². The second-order valence-corrected chi connectivity index (χ2v) is 4.91. The minimum Gasteiger partial charge on any atom is -0.315 e. The van der Waals surface area contributed by atoms with E-state index >= 15 is 0 Å². The van der Waals surface area contributed by atoms with Crippen molar-refractivity contribution in [3.8, 4) is 0 Å². The summed E-state index contributed by atoms with van der Waals surface area (Å²) in [5, 5.41) is 10.2. The molecule has 4 heteroatoms. The van der Waals surface area contributed by atoms with Crippen LogP contribution in [0.2, 0.25) is 0 Å². The molecule has 1 aliphatic heterocycles. The van der Waals surface area contributed by atoms with Crippen LogP contribution in [0.1, 0.15) is 34.1 Å². The Bertz CT molecular complexity index is 255. The van der Waals surface area contributed by atoms with Crippen molar-refractivity contribution < 1.29 is 4.79 Å². The summed E-state index contributed by atoms with van der Waals surface area (Å²) in [5.74, 6) is 0.340. The smallest absolute Gasteiger partial charge is 0.315 e. The van der Waals surface area contributed by atoms with E-state index in [2.05, 4.69) is 26.1 Å². The molecule has 80 valence electrons. The van der Waals surface area contributed by atoms with Crippen LogP contribution >= 0.6 is 0 Å². The second-order valence-electron chi connectivity index (χ2n) is 4.91. The van der Waals surface area contributed by atoms with Gasteiger partial charge in [-0.1, -0.05) is 20.8 Å². The predicted octanol–water partition coefficient (Wildman–Crippen LogP) is 1.81. The van der Waals surface area contributed by atoms with Gasteiger partial charge in [0, 0.05) is 6.54 Å². The Balaban J connectivity index is 2.75. The van der Waals surface area contributed by atoms with Gasteiger partial charge in [0.05, 0.1) is 6.04 Å². The second kappa shape index (κ2) is 3.59. The number of carbonyl (C=O) groups is 1. The number of urea groups is 1. The maximum Gasteiger partial charge on any atom is 0.323 e. The normalized spacial score (nSPS) is 22.9. The number of hydrogen-bond donors (Lipinski definition) is 2. The first-order chi connectivity index (χ1) is 6.35. The van der Waals surface area contributed by atoms with E-state index in [0.717, 1.165) is 6.42 Å². The number of amides is 2. The number of likely N-dealkylation sites (N-methyl/N-ethyl adjacent to an activating group) is 1. The highest BCUT2D eigenvalue weighted by atomic mass is 16.2. The van der Waals surface area contributed by atoms with E-state index in [1.807, 2.05) is 6.92 Å².